The Kier molecular flexibility index (Phi) is 10.0. The van der Waals surface area contributed by atoms with Gasteiger partial charge >= 0.3 is 0 Å². The highest BCUT2D eigenvalue weighted by Crippen LogP contribution is 2.52. The van der Waals surface area contributed by atoms with E-state index in [1.165, 1.54) is 38.9 Å². The molecule has 3 nitrogen and oxygen atoms in total. The van der Waals surface area contributed by atoms with Crippen molar-refractivity contribution in [1.82, 2.24) is 5.32 Å². The molecule has 1 heterocycles. The van der Waals surface area contributed by atoms with Gasteiger partial charge < -0.3 is 10.2 Å². The van der Waals surface area contributed by atoms with Gasteiger partial charge in [-0.3, -0.25) is 5.41 Å². The number of anilines is 3. The van der Waals surface area contributed by atoms with Crippen LogP contribution >= 0.6 is 0 Å². The highest BCUT2D eigenvalue weighted by molar-refractivity contribution is 6.36. The van der Waals surface area contributed by atoms with Crippen LogP contribution in [-0.4, -0.2) is 5.71 Å². The van der Waals surface area contributed by atoms with Gasteiger partial charge in [0.05, 0.1) is 17.1 Å². The third kappa shape index (κ3) is 7.08. The van der Waals surface area contributed by atoms with Gasteiger partial charge in [0.2, 0.25) is 0 Å². The molecule has 310 valence electrons. The predicted molar refractivity (Wildman–Crippen MR) is 274 cm³/mol. The summed E-state index contributed by atoms with van der Waals surface area (Å²) in [4.78, 5) is 2.45. The van der Waals surface area contributed by atoms with Gasteiger partial charge in [0.15, 0.2) is 0 Å². The number of rotatable bonds is 9. The highest BCUT2D eigenvalue weighted by atomic mass is 15.1. The molecular weight excluding hydrogens is 787 g/mol. The summed E-state index contributed by atoms with van der Waals surface area (Å²) in [7, 11) is 0. The van der Waals surface area contributed by atoms with Crippen LogP contribution in [0.5, 0.6) is 0 Å². The van der Waals surface area contributed by atoms with Crippen molar-refractivity contribution >= 4 is 45.8 Å². The molecule has 1 aliphatic carbocycles. The average Bonchev–Trinajstić information content (AvgIpc) is 3.60. The van der Waals surface area contributed by atoms with E-state index in [2.05, 4.69) is 224 Å². The fourth-order valence-corrected chi connectivity index (χ4v) is 9.91. The van der Waals surface area contributed by atoms with Crippen molar-refractivity contribution in [2.24, 2.45) is 0 Å². The van der Waals surface area contributed by atoms with E-state index < -0.39 is 0 Å². The molecule has 1 aliphatic heterocycles. The zero-order valence-corrected chi connectivity index (χ0v) is 36.5. The van der Waals surface area contributed by atoms with Gasteiger partial charge in [0, 0.05) is 44.8 Å². The third-order valence-corrected chi connectivity index (χ3v) is 13.1. The van der Waals surface area contributed by atoms with Crippen molar-refractivity contribution in [3.63, 3.8) is 0 Å². The van der Waals surface area contributed by atoms with Gasteiger partial charge in [-0.1, -0.05) is 214 Å². The molecule has 0 saturated heterocycles. The van der Waals surface area contributed by atoms with Gasteiger partial charge in [0.1, 0.15) is 0 Å². The fourth-order valence-electron chi connectivity index (χ4n) is 9.91. The summed E-state index contributed by atoms with van der Waals surface area (Å²) in [5.41, 5.74) is 21.1. The standard InChI is InChI=1S/C62H47N3/c1-62(2)55-33-19-17-31-52(55)53-38-36-48(41-56(53)62)65(58-34-20-18-32-54(58)51-30-16-15-29-49(51)42-21-7-3-8-22-42)47-35-37-50-46(39-47)40-57(43-23-9-4-10-24-43)64-61(50)59(44-25-11-5-12-26-44)60(63)45-27-13-6-14-28-45/h3-41,63-64H,1-2H3/b61-59-,63-60?. The molecule has 0 amide bonds. The Labute approximate surface area is 381 Å². The number of allylic oxidation sites excluding steroid dienone is 1. The number of hydrogen-bond donors (Lipinski definition) is 2. The second-order valence-electron chi connectivity index (χ2n) is 17.3. The lowest BCUT2D eigenvalue weighted by molar-refractivity contribution is 0.660. The number of nitrogens with one attached hydrogen (secondary N) is 2. The summed E-state index contributed by atoms with van der Waals surface area (Å²) in [6.45, 7) is 4.70. The maximum absolute atomic E-state index is 9.81. The summed E-state index contributed by atoms with van der Waals surface area (Å²) in [5.74, 6) is 0. The van der Waals surface area contributed by atoms with Crippen molar-refractivity contribution in [3.8, 4) is 33.4 Å². The molecule has 9 aromatic carbocycles. The zero-order chi connectivity index (χ0) is 43.9. The fraction of sp³-hybridized carbons (Fsp3) is 0.0484. The van der Waals surface area contributed by atoms with E-state index in [1.807, 2.05) is 36.4 Å². The molecule has 9 aromatic rings. The van der Waals surface area contributed by atoms with Crippen molar-refractivity contribution in [2.45, 2.75) is 19.3 Å². The van der Waals surface area contributed by atoms with Crippen LogP contribution in [0.15, 0.2) is 231 Å². The van der Waals surface area contributed by atoms with Crippen molar-refractivity contribution in [1.29, 1.82) is 5.41 Å². The largest absolute Gasteiger partial charge is 0.354 e. The van der Waals surface area contributed by atoms with Gasteiger partial charge in [-0.2, -0.15) is 0 Å². The van der Waals surface area contributed by atoms with Gasteiger partial charge in [-0.25, -0.2) is 0 Å². The van der Waals surface area contributed by atoms with Crippen LogP contribution in [0, 0.1) is 5.41 Å². The first-order chi connectivity index (χ1) is 31.9. The monoisotopic (exact) mass is 833 g/mol. The summed E-state index contributed by atoms with van der Waals surface area (Å²) in [6.07, 6.45) is 2.27. The minimum absolute atomic E-state index is 0.182. The lowest BCUT2D eigenvalue weighted by atomic mass is 9.82. The van der Waals surface area contributed by atoms with E-state index in [4.69, 9.17) is 0 Å². The number of benzene rings is 9. The lowest BCUT2D eigenvalue weighted by Gasteiger charge is -2.32. The van der Waals surface area contributed by atoms with Crippen LogP contribution in [0.3, 0.4) is 0 Å². The molecule has 0 atom stereocenters. The van der Waals surface area contributed by atoms with E-state index in [1.54, 1.807) is 0 Å². The van der Waals surface area contributed by atoms with E-state index >= 15 is 0 Å². The minimum atomic E-state index is -0.182. The first-order valence-corrected chi connectivity index (χ1v) is 22.3. The predicted octanol–water partition coefficient (Wildman–Crippen LogP) is 15.8. The molecule has 2 N–H and O–H groups in total. The molecule has 0 bridgehead atoms. The highest BCUT2D eigenvalue weighted by Gasteiger charge is 2.36. The number of para-hydroxylation sites is 1. The molecular formula is C62H47N3. The van der Waals surface area contributed by atoms with Crippen LogP contribution in [0.4, 0.5) is 17.1 Å². The van der Waals surface area contributed by atoms with Crippen LogP contribution in [-0.2, 0) is 5.41 Å². The SMILES string of the molecule is CC1(C)c2ccccc2-c2ccc(N(c3ccc4c(c3)C=C(c3ccccc3)N/C4=C(\C(=N)c3ccccc3)c3ccccc3)c3ccccc3-c3ccccc3-c3ccccc3)cc21. The van der Waals surface area contributed by atoms with E-state index in [0.717, 1.165) is 67.4 Å². The van der Waals surface area contributed by atoms with Gasteiger partial charge in [-0.05, 0) is 92.0 Å². The number of nitrogens with zero attached hydrogens (tertiary/aromatic N) is 1. The molecule has 0 radical (unpaired) electrons. The topological polar surface area (TPSA) is 39.1 Å². The van der Waals surface area contributed by atoms with Crippen molar-refractivity contribution in [2.75, 3.05) is 4.90 Å². The second-order valence-corrected chi connectivity index (χ2v) is 17.3. The summed E-state index contributed by atoms with van der Waals surface area (Å²) >= 11 is 0. The van der Waals surface area contributed by atoms with E-state index in [9.17, 15) is 5.41 Å². The average molecular weight is 834 g/mol. The molecule has 0 saturated carbocycles. The number of hydrogen-bond acceptors (Lipinski definition) is 3. The van der Waals surface area contributed by atoms with E-state index in [-0.39, 0.29) is 5.41 Å². The van der Waals surface area contributed by atoms with E-state index in [0.29, 0.717) is 5.71 Å². The summed E-state index contributed by atoms with van der Waals surface area (Å²) in [5, 5.41) is 13.7. The van der Waals surface area contributed by atoms with Crippen LogP contribution in [0.25, 0.3) is 56.4 Å². The molecule has 65 heavy (non-hydrogen) atoms. The second kappa shape index (κ2) is 16.5. The molecule has 0 unspecified atom stereocenters. The Hall–Kier alpha value is -8.27. The Balaban J connectivity index is 1.16. The minimum Gasteiger partial charge on any atom is -0.354 e. The molecule has 3 heteroatoms. The molecule has 11 rings (SSSR count). The maximum Gasteiger partial charge on any atom is 0.0711 e. The molecule has 0 fully saturated rings. The summed E-state index contributed by atoms with van der Waals surface area (Å²) in [6, 6.07) is 81.9. The molecule has 0 aromatic heterocycles. The molecule has 0 spiro atoms. The lowest BCUT2D eigenvalue weighted by Crippen LogP contribution is -2.21. The van der Waals surface area contributed by atoms with Crippen molar-refractivity contribution < 1.29 is 0 Å². The normalized spacial score (nSPS) is 14.0. The molecule has 2 aliphatic rings. The Bertz CT molecular complexity index is 3310. The Morgan fingerprint density at radius 2 is 0.938 bits per heavy atom. The first-order valence-electron chi connectivity index (χ1n) is 22.3. The Morgan fingerprint density at radius 1 is 0.431 bits per heavy atom. The summed E-state index contributed by atoms with van der Waals surface area (Å²) < 4.78 is 0. The smallest absolute Gasteiger partial charge is 0.0711 e. The van der Waals surface area contributed by atoms with Crippen LogP contribution < -0.4 is 10.2 Å². The van der Waals surface area contributed by atoms with Crippen LogP contribution in [0.1, 0.15) is 52.8 Å². The van der Waals surface area contributed by atoms with Gasteiger partial charge in [-0.15, -0.1) is 0 Å². The van der Waals surface area contributed by atoms with Crippen LogP contribution in [0.2, 0.25) is 0 Å². The maximum atomic E-state index is 9.81. The van der Waals surface area contributed by atoms with Gasteiger partial charge in [0.25, 0.3) is 0 Å². The quantitative estimate of drug-likeness (QED) is 0.142. The number of fused-ring (bicyclic) bond motifs is 4. The zero-order valence-electron chi connectivity index (χ0n) is 36.5. The van der Waals surface area contributed by atoms with Crippen molar-refractivity contribution in [3.05, 3.63) is 269 Å². The third-order valence-electron chi connectivity index (χ3n) is 13.1. The first kappa shape index (κ1) is 39.6. The Morgan fingerprint density at radius 3 is 1.63 bits per heavy atom.